The van der Waals surface area contributed by atoms with Gasteiger partial charge in [-0.1, -0.05) is 15.9 Å². The second kappa shape index (κ2) is 5.87. The Labute approximate surface area is 113 Å². The second-order valence-corrected chi connectivity index (χ2v) is 6.03. The Hall–Kier alpha value is -0.540. The number of aryl methyl sites for hydroxylation is 1. The minimum absolute atomic E-state index is 0.0865. The molecule has 1 N–H and O–H groups in total. The third kappa shape index (κ3) is 4.68. The molecular weight excluding hydrogens is 278 g/mol. The van der Waals surface area contributed by atoms with Crippen LogP contribution in [-0.2, 0) is 4.74 Å². The Kier molecular flexibility index (Phi) is 5.02. The fraction of sp³-hybridized carbons (Fsp3) is 0.571. The molecule has 0 radical (unpaired) electrons. The molecule has 3 heteroatoms. The van der Waals surface area contributed by atoms with Crippen molar-refractivity contribution in [1.29, 1.82) is 0 Å². The molecule has 0 aliphatic rings. The summed E-state index contributed by atoms with van der Waals surface area (Å²) in [5.74, 6) is 0. The quantitative estimate of drug-likeness (QED) is 0.871. The van der Waals surface area contributed by atoms with E-state index >= 15 is 0 Å². The predicted octanol–water partition coefficient (Wildman–Crippen LogP) is 4.37. The van der Waals surface area contributed by atoms with Crippen LogP contribution >= 0.6 is 15.9 Å². The lowest BCUT2D eigenvalue weighted by molar-refractivity contribution is 0.0128. The molecule has 17 heavy (non-hydrogen) atoms. The summed E-state index contributed by atoms with van der Waals surface area (Å²) in [5, 5.41) is 3.50. The standard InChI is InChI=1S/C14H22BrNO/c1-10-8-12(6-7-13(10)15)16-11(2)9-14(3,4)17-5/h6-8,11,16H,9H2,1-5H3. The van der Waals surface area contributed by atoms with E-state index < -0.39 is 0 Å². The Morgan fingerprint density at radius 2 is 2.06 bits per heavy atom. The fourth-order valence-corrected chi connectivity index (χ4v) is 2.14. The SMILES string of the molecule is COC(C)(C)CC(C)Nc1ccc(Br)c(C)c1. The number of hydrogen-bond acceptors (Lipinski definition) is 2. The van der Waals surface area contributed by atoms with E-state index in [1.54, 1.807) is 7.11 Å². The largest absolute Gasteiger partial charge is 0.382 e. The van der Waals surface area contributed by atoms with Gasteiger partial charge in [0.2, 0.25) is 0 Å². The van der Waals surface area contributed by atoms with Crippen LogP contribution in [0.1, 0.15) is 32.8 Å². The molecule has 0 aliphatic carbocycles. The molecule has 96 valence electrons. The van der Waals surface area contributed by atoms with Crippen LogP contribution in [0, 0.1) is 6.92 Å². The number of ether oxygens (including phenoxy) is 1. The van der Waals surface area contributed by atoms with Crippen LogP contribution in [0.25, 0.3) is 0 Å². The molecule has 0 amide bonds. The summed E-state index contributed by atoms with van der Waals surface area (Å²) in [4.78, 5) is 0. The number of nitrogens with one attached hydrogen (secondary N) is 1. The van der Waals surface area contributed by atoms with Gasteiger partial charge in [0.1, 0.15) is 0 Å². The van der Waals surface area contributed by atoms with Gasteiger partial charge < -0.3 is 10.1 Å². The van der Waals surface area contributed by atoms with Crippen LogP contribution in [0.15, 0.2) is 22.7 Å². The second-order valence-electron chi connectivity index (χ2n) is 5.18. The van der Waals surface area contributed by atoms with Crippen molar-refractivity contribution in [2.24, 2.45) is 0 Å². The molecule has 1 aromatic carbocycles. The maximum Gasteiger partial charge on any atom is 0.0642 e. The highest BCUT2D eigenvalue weighted by Gasteiger charge is 2.19. The van der Waals surface area contributed by atoms with Crippen molar-refractivity contribution in [3.05, 3.63) is 28.2 Å². The molecular formula is C14H22BrNO. The van der Waals surface area contributed by atoms with E-state index in [1.165, 1.54) is 5.56 Å². The summed E-state index contributed by atoms with van der Waals surface area (Å²) in [6, 6.07) is 6.70. The number of methoxy groups -OCH3 is 1. The van der Waals surface area contributed by atoms with Gasteiger partial charge in [-0.2, -0.15) is 0 Å². The third-order valence-corrected chi connectivity index (χ3v) is 3.81. The summed E-state index contributed by atoms with van der Waals surface area (Å²) in [6.45, 7) is 8.49. The molecule has 2 nitrogen and oxygen atoms in total. The van der Waals surface area contributed by atoms with E-state index in [0.717, 1.165) is 16.6 Å². The van der Waals surface area contributed by atoms with Gasteiger partial charge in [0, 0.05) is 23.3 Å². The van der Waals surface area contributed by atoms with Gasteiger partial charge in [0.05, 0.1) is 5.60 Å². The Morgan fingerprint density at radius 3 is 2.59 bits per heavy atom. The minimum atomic E-state index is -0.0865. The highest BCUT2D eigenvalue weighted by molar-refractivity contribution is 9.10. The highest BCUT2D eigenvalue weighted by Crippen LogP contribution is 2.22. The number of hydrogen-bond donors (Lipinski definition) is 1. The number of halogens is 1. The first-order valence-electron chi connectivity index (χ1n) is 5.92. The molecule has 1 atom stereocenters. The molecule has 0 saturated carbocycles. The topological polar surface area (TPSA) is 21.3 Å². The lowest BCUT2D eigenvalue weighted by Gasteiger charge is -2.27. The zero-order valence-electron chi connectivity index (χ0n) is 11.3. The van der Waals surface area contributed by atoms with E-state index in [9.17, 15) is 0 Å². The van der Waals surface area contributed by atoms with Crippen molar-refractivity contribution < 1.29 is 4.74 Å². The van der Waals surface area contributed by atoms with Gasteiger partial charge in [-0.15, -0.1) is 0 Å². The van der Waals surface area contributed by atoms with Crippen LogP contribution in [0.2, 0.25) is 0 Å². The van der Waals surface area contributed by atoms with E-state index in [1.807, 2.05) is 0 Å². The zero-order valence-corrected chi connectivity index (χ0v) is 12.9. The van der Waals surface area contributed by atoms with Crippen molar-refractivity contribution >= 4 is 21.6 Å². The molecule has 1 rings (SSSR count). The van der Waals surface area contributed by atoms with Crippen LogP contribution in [-0.4, -0.2) is 18.8 Å². The summed E-state index contributed by atoms with van der Waals surface area (Å²) < 4.78 is 6.59. The Balaban J connectivity index is 2.62. The molecule has 0 aromatic heterocycles. The van der Waals surface area contributed by atoms with E-state index in [-0.39, 0.29) is 5.60 Å². The first-order chi connectivity index (χ1) is 7.84. The summed E-state index contributed by atoms with van der Waals surface area (Å²) in [5.41, 5.74) is 2.31. The number of rotatable bonds is 5. The van der Waals surface area contributed by atoms with Gasteiger partial charge in [0.25, 0.3) is 0 Å². The molecule has 1 unspecified atom stereocenters. The van der Waals surface area contributed by atoms with E-state index in [0.29, 0.717) is 6.04 Å². The average Bonchev–Trinajstić information content (AvgIpc) is 2.23. The van der Waals surface area contributed by atoms with Gasteiger partial charge >= 0.3 is 0 Å². The van der Waals surface area contributed by atoms with Gasteiger partial charge in [-0.3, -0.25) is 0 Å². The van der Waals surface area contributed by atoms with Crippen LogP contribution in [0.5, 0.6) is 0 Å². The third-order valence-electron chi connectivity index (χ3n) is 2.92. The van der Waals surface area contributed by atoms with Crippen LogP contribution < -0.4 is 5.32 Å². The summed E-state index contributed by atoms with van der Waals surface area (Å²) in [6.07, 6.45) is 0.971. The van der Waals surface area contributed by atoms with Gasteiger partial charge in [0.15, 0.2) is 0 Å². The summed E-state index contributed by atoms with van der Waals surface area (Å²) >= 11 is 3.51. The monoisotopic (exact) mass is 299 g/mol. The number of benzene rings is 1. The van der Waals surface area contributed by atoms with Gasteiger partial charge in [-0.05, 0) is 57.9 Å². The molecule has 1 aromatic rings. The molecule has 0 saturated heterocycles. The molecule has 0 spiro atoms. The Bertz CT molecular complexity index is 376. The lowest BCUT2D eigenvalue weighted by atomic mass is 9.99. The van der Waals surface area contributed by atoms with Crippen molar-refractivity contribution in [3.8, 4) is 0 Å². The van der Waals surface area contributed by atoms with Crippen molar-refractivity contribution in [2.75, 3.05) is 12.4 Å². The van der Waals surface area contributed by atoms with Crippen LogP contribution in [0.4, 0.5) is 5.69 Å². The number of anilines is 1. The molecule has 0 fully saturated rings. The van der Waals surface area contributed by atoms with Crippen molar-refractivity contribution in [3.63, 3.8) is 0 Å². The highest BCUT2D eigenvalue weighted by atomic mass is 79.9. The summed E-state index contributed by atoms with van der Waals surface area (Å²) in [7, 11) is 1.76. The van der Waals surface area contributed by atoms with Crippen molar-refractivity contribution in [2.45, 2.75) is 45.8 Å². The minimum Gasteiger partial charge on any atom is -0.382 e. The molecule has 0 bridgehead atoms. The Morgan fingerprint density at radius 1 is 1.41 bits per heavy atom. The predicted molar refractivity (Wildman–Crippen MR) is 77.7 cm³/mol. The van der Waals surface area contributed by atoms with Crippen molar-refractivity contribution in [1.82, 2.24) is 0 Å². The first-order valence-corrected chi connectivity index (χ1v) is 6.71. The van der Waals surface area contributed by atoms with Crippen LogP contribution in [0.3, 0.4) is 0 Å². The smallest absolute Gasteiger partial charge is 0.0642 e. The first kappa shape index (κ1) is 14.5. The lowest BCUT2D eigenvalue weighted by Crippen LogP contribution is -2.31. The molecule has 0 heterocycles. The zero-order chi connectivity index (χ0) is 13.1. The molecule has 0 aliphatic heterocycles. The fourth-order valence-electron chi connectivity index (χ4n) is 1.89. The van der Waals surface area contributed by atoms with Gasteiger partial charge in [-0.25, -0.2) is 0 Å². The maximum atomic E-state index is 5.44. The maximum absolute atomic E-state index is 5.44. The average molecular weight is 300 g/mol. The van der Waals surface area contributed by atoms with E-state index in [4.69, 9.17) is 4.74 Å². The van der Waals surface area contributed by atoms with E-state index in [2.05, 4.69) is 67.1 Å². The normalized spacial score (nSPS) is 13.5.